The van der Waals surface area contributed by atoms with Crippen molar-refractivity contribution >= 4 is 19.7 Å². The van der Waals surface area contributed by atoms with Gasteiger partial charge in [0.15, 0.2) is 0 Å². The van der Waals surface area contributed by atoms with E-state index in [1.165, 1.54) is 12.1 Å². The summed E-state index contributed by atoms with van der Waals surface area (Å²) in [5, 5.41) is 0. The molecule has 0 saturated carbocycles. The standard InChI is InChI=1S/C14H22ClFO2Si/c1-19(2,3)7-6-17-11-18-10-13-8-14(16)5-4-12(13)9-15/h4-5,8H,6-7,9-11H2,1-3H3. The minimum atomic E-state index is -1.05. The zero-order valence-corrected chi connectivity index (χ0v) is 13.6. The fourth-order valence-corrected chi connectivity index (χ4v) is 2.52. The Morgan fingerprint density at radius 2 is 1.89 bits per heavy atom. The number of benzene rings is 1. The van der Waals surface area contributed by atoms with Crippen LogP contribution in [0.1, 0.15) is 11.1 Å². The molecule has 0 unspecified atom stereocenters. The molecule has 0 fully saturated rings. The van der Waals surface area contributed by atoms with Crippen molar-refractivity contribution in [1.29, 1.82) is 0 Å². The molecule has 2 nitrogen and oxygen atoms in total. The third-order valence-electron chi connectivity index (χ3n) is 2.73. The Labute approximate surface area is 120 Å². The van der Waals surface area contributed by atoms with Gasteiger partial charge in [-0.3, -0.25) is 0 Å². The van der Waals surface area contributed by atoms with Crippen molar-refractivity contribution in [2.24, 2.45) is 0 Å². The maximum atomic E-state index is 13.1. The van der Waals surface area contributed by atoms with E-state index in [0.29, 0.717) is 12.5 Å². The van der Waals surface area contributed by atoms with Gasteiger partial charge in [0.05, 0.1) is 6.61 Å². The van der Waals surface area contributed by atoms with Gasteiger partial charge in [-0.1, -0.05) is 25.7 Å². The quantitative estimate of drug-likeness (QED) is 0.307. The molecule has 0 bridgehead atoms. The van der Waals surface area contributed by atoms with Crippen molar-refractivity contribution in [3.8, 4) is 0 Å². The number of halogens is 2. The van der Waals surface area contributed by atoms with Crippen molar-refractivity contribution < 1.29 is 13.9 Å². The zero-order chi connectivity index (χ0) is 14.3. The number of hydrogen-bond donors (Lipinski definition) is 0. The maximum absolute atomic E-state index is 13.1. The first-order chi connectivity index (χ1) is 8.92. The summed E-state index contributed by atoms with van der Waals surface area (Å²) >= 11 is 5.79. The second kappa shape index (κ2) is 8.00. The zero-order valence-electron chi connectivity index (χ0n) is 11.8. The minimum Gasteiger partial charge on any atom is -0.356 e. The van der Waals surface area contributed by atoms with Crippen LogP contribution in [0.2, 0.25) is 25.7 Å². The molecule has 19 heavy (non-hydrogen) atoms. The normalized spacial score (nSPS) is 11.8. The van der Waals surface area contributed by atoms with Crippen LogP contribution in [0.4, 0.5) is 4.39 Å². The molecule has 0 heterocycles. The van der Waals surface area contributed by atoms with E-state index < -0.39 is 8.07 Å². The maximum Gasteiger partial charge on any atom is 0.147 e. The molecule has 0 saturated heterocycles. The van der Waals surface area contributed by atoms with Gasteiger partial charge in [-0.25, -0.2) is 4.39 Å². The average molecular weight is 305 g/mol. The molecule has 1 aromatic rings. The van der Waals surface area contributed by atoms with Crippen molar-refractivity contribution in [3.63, 3.8) is 0 Å². The van der Waals surface area contributed by atoms with Crippen molar-refractivity contribution in [3.05, 3.63) is 35.1 Å². The average Bonchev–Trinajstić information content (AvgIpc) is 2.32. The van der Waals surface area contributed by atoms with Crippen molar-refractivity contribution in [1.82, 2.24) is 0 Å². The largest absolute Gasteiger partial charge is 0.356 e. The molecule has 0 aliphatic carbocycles. The van der Waals surface area contributed by atoms with Crippen molar-refractivity contribution in [2.75, 3.05) is 13.4 Å². The first kappa shape index (κ1) is 16.6. The third kappa shape index (κ3) is 7.06. The van der Waals surface area contributed by atoms with Crippen LogP contribution in [-0.4, -0.2) is 21.5 Å². The Morgan fingerprint density at radius 1 is 1.16 bits per heavy atom. The summed E-state index contributed by atoms with van der Waals surface area (Å²) in [7, 11) is -1.05. The summed E-state index contributed by atoms with van der Waals surface area (Å²) in [4.78, 5) is 0. The molecule has 0 aromatic heterocycles. The van der Waals surface area contributed by atoms with Crippen LogP contribution >= 0.6 is 11.6 Å². The summed E-state index contributed by atoms with van der Waals surface area (Å²) in [5.41, 5.74) is 1.67. The van der Waals surface area contributed by atoms with E-state index in [2.05, 4.69) is 19.6 Å². The summed E-state index contributed by atoms with van der Waals surface area (Å²) < 4.78 is 23.9. The fourth-order valence-electron chi connectivity index (χ4n) is 1.51. The van der Waals surface area contributed by atoms with Gasteiger partial charge in [-0.2, -0.15) is 0 Å². The summed E-state index contributed by atoms with van der Waals surface area (Å²) in [6.45, 7) is 8.20. The highest BCUT2D eigenvalue weighted by Gasteiger charge is 2.11. The molecule has 0 aliphatic heterocycles. The number of hydrogen-bond acceptors (Lipinski definition) is 2. The molecular formula is C14H22ClFO2Si. The molecule has 0 spiro atoms. The third-order valence-corrected chi connectivity index (χ3v) is 4.72. The predicted octanol–water partition coefficient (Wildman–Crippen LogP) is 4.39. The molecule has 1 aromatic carbocycles. The molecule has 1 rings (SSSR count). The lowest BCUT2D eigenvalue weighted by molar-refractivity contribution is -0.0575. The molecule has 0 aliphatic rings. The Balaban J connectivity index is 2.28. The highest BCUT2D eigenvalue weighted by molar-refractivity contribution is 6.76. The Bertz CT molecular complexity index is 394. The van der Waals surface area contributed by atoms with Gasteiger partial charge in [0.2, 0.25) is 0 Å². The van der Waals surface area contributed by atoms with Gasteiger partial charge in [0.1, 0.15) is 12.6 Å². The van der Waals surface area contributed by atoms with Crippen LogP contribution < -0.4 is 0 Å². The lowest BCUT2D eigenvalue weighted by Gasteiger charge is -2.15. The topological polar surface area (TPSA) is 18.5 Å². The van der Waals surface area contributed by atoms with Gasteiger partial charge < -0.3 is 9.47 Å². The lowest BCUT2D eigenvalue weighted by atomic mass is 10.1. The van der Waals surface area contributed by atoms with Crippen LogP contribution in [-0.2, 0) is 22.0 Å². The van der Waals surface area contributed by atoms with Crippen LogP contribution in [0.5, 0.6) is 0 Å². The molecule has 0 N–H and O–H groups in total. The summed E-state index contributed by atoms with van der Waals surface area (Å²) in [6.07, 6.45) is 0. The van der Waals surface area contributed by atoms with E-state index in [4.69, 9.17) is 21.1 Å². The first-order valence-electron chi connectivity index (χ1n) is 6.41. The SMILES string of the molecule is C[Si](C)(C)CCOCOCc1cc(F)ccc1CCl. The summed E-state index contributed by atoms with van der Waals surface area (Å²) in [5.74, 6) is 0.0854. The van der Waals surface area contributed by atoms with Crippen LogP contribution in [0.15, 0.2) is 18.2 Å². The van der Waals surface area contributed by atoms with E-state index in [0.717, 1.165) is 23.8 Å². The number of ether oxygens (including phenoxy) is 2. The number of alkyl halides is 1. The van der Waals surface area contributed by atoms with Gasteiger partial charge in [-0.05, 0) is 29.3 Å². The van der Waals surface area contributed by atoms with Gasteiger partial charge in [0, 0.05) is 20.6 Å². The van der Waals surface area contributed by atoms with Gasteiger partial charge in [-0.15, -0.1) is 11.6 Å². The van der Waals surface area contributed by atoms with Crippen LogP contribution in [0, 0.1) is 5.82 Å². The molecular weight excluding hydrogens is 283 g/mol. The monoisotopic (exact) mass is 304 g/mol. The van der Waals surface area contributed by atoms with Gasteiger partial charge in [0.25, 0.3) is 0 Å². The van der Waals surface area contributed by atoms with Crippen LogP contribution in [0.25, 0.3) is 0 Å². The summed E-state index contributed by atoms with van der Waals surface area (Å²) in [6, 6.07) is 5.67. The van der Waals surface area contributed by atoms with E-state index in [-0.39, 0.29) is 12.6 Å². The Morgan fingerprint density at radius 3 is 2.53 bits per heavy atom. The molecule has 0 atom stereocenters. The predicted molar refractivity (Wildman–Crippen MR) is 79.7 cm³/mol. The van der Waals surface area contributed by atoms with Crippen molar-refractivity contribution in [2.45, 2.75) is 38.2 Å². The highest BCUT2D eigenvalue weighted by Crippen LogP contribution is 2.15. The Hall–Kier alpha value is -0.423. The lowest BCUT2D eigenvalue weighted by Crippen LogP contribution is -2.22. The smallest absolute Gasteiger partial charge is 0.147 e. The molecule has 0 amide bonds. The second-order valence-electron chi connectivity index (χ2n) is 5.73. The Kier molecular flexibility index (Phi) is 7.00. The molecule has 108 valence electrons. The highest BCUT2D eigenvalue weighted by atomic mass is 35.5. The fraction of sp³-hybridized carbons (Fsp3) is 0.571. The van der Waals surface area contributed by atoms with E-state index in [9.17, 15) is 4.39 Å². The minimum absolute atomic E-state index is 0.239. The van der Waals surface area contributed by atoms with E-state index in [1.807, 2.05) is 0 Å². The number of rotatable bonds is 8. The van der Waals surface area contributed by atoms with E-state index in [1.54, 1.807) is 6.07 Å². The van der Waals surface area contributed by atoms with Gasteiger partial charge >= 0.3 is 0 Å². The molecule has 5 heteroatoms. The van der Waals surface area contributed by atoms with Crippen LogP contribution in [0.3, 0.4) is 0 Å². The van der Waals surface area contributed by atoms with E-state index >= 15 is 0 Å². The second-order valence-corrected chi connectivity index (χ2v) is 11.6. The molecule has 0 radical (unpaired) electrons. The first-order valence-corrected chi connectivity index (χ1v) is 10.7.